The highest BCUT2D eigenvalue weighted by molar-refractivity contribution is 6.42. The van der Waals surface area contributed by atoms with E-state index in [-0.39, 0.29) is 6.04 Å². The first kappa shape index (κ1) is 15.7. The quantitative estimate of drug-likeness (QED) is 0.738. The maximum atomic E-state index is 6.12. The Hall–Kier alpha value is -0.730. The van der Waals surface area contributed by atoms with E-state index in [4.69, 9.17) is 34.8 Å². The molecule has 0 radical (unpaired) electrons. The van der Waals surface area contributed by atoms with Gasteiger partial charge in [-0.1, -0.05) is 59.9 Å². The van der Waals surface area contributed by atoms with Crippen molar-refractivity contribution in [2.75, 3.05) is 6.54 Å². The molecule has 0 aliphatic carbocycles. The van der Waals surface area contributed by atoms with Crippen molar-refractivity contribution in [2.45, 2.75) is 19.4 Å². The van der Waals surface area contributed by atoms with Gasteiger partial charge in [0.15, 0.2) is 0 Å². The predicted molar refractivity (Wildman–Crippen MR) is 88.1 cm³/mol. The SMILES string of the molecule is CCCNC(c1cccc(Cl)c1)c1ccc(Cl)c(Cl)c1. The third-order valence-corrected chi connectivity index (χ3v) is 4.03. The van der Waals surface area contributed by atoms with E-state index in [1.54, 1.807) is 0 Å². The van der Waals surface area contributed by atoms with Gasteiger partial charge in [-0.05, 0) is 48.4 Å². The molecule has 1 atom stereocenters. The lowest BCUT2D eigenvalue weighted by Gasteiger charge is -2.20. The zero-order valence-corrected chi connectivity index (χ0v) is 13.4. The van der Waals surface area contributed by atoms with Gasteiger partial charge in [-0.15, -0.1) is 0 Å². The predicted octanol–water partition coefficient (Wildman–Crippen LogP) is 5.74. The second-order valence-electron chi connectivity index (χ2n) is 4.62. The molecule has 0 amide bonds. The first-order valence-corrected chi connectivity index (χ1v) is 7.69. The lowest BCUT2D eigenvalue weighted by Crippen LogP contribution is -2.23. The van der Waals surface area contributed by atoms with Gasteiger partial charge in [0.05, 0.1) is 16.1 Å². The molecule has 1 N–H and O–H groups in total. The molecule has 0 heterocycles. The van der Waals surface area contributed by atoms with Crippen LogP contribution in [0.5, 0.6) is 0 Å². The van der Waals surface area contributed by atoms with E-state index in [0.717, 1.165) is 29.1 Å². The number of benzene rings is 2. The van der Waals surface area contributed by atoms with E-state index in [0.29, 0.717) is 10.0 Å². The highest BCUT2D eigenvalue weighted by atomic mass is 35.5. The zero-order valence-electron chi connectivity index (χ0n) is 11.2. The van der Waals surface area contributed by atoms with Crippen molar-refractivity contribution in [2.24, 2.45) is 0 Å². The van der Waals surface area contributed by atoms with Gasteiger partial charge in [0.1, 0.15) is 0 Å². The summed E-state index contributed by atoms with van der Waals surface area (Å²) in [5.41, 5.74) is 2.19. The number of rotatable bonds is 5. The molecule has 0 saturated carbocycles. The molecule has 20 heavy (non-hydrogen) atoms. The summed E-state index contributed by atoms with van der Waals surface area (Å²) in [7, 11) is 0. The average Bonchev–Trinajstić information content (AvgIpc) is 2.43. The minimum atomic E-state index is 0.0587. The van der Waals surface area contributed by atoms with E-state index >= 15 is 0 Å². The maximum Gasteiger partial charge on any atom is 0.0595 e. The molecular formula is C16H16Cl3N. The zero-order chi connectivity index (χ0) is 14.5. The lowest BCUT2D eigenvalue weighted by molar-refractivity contribution is 0.598. The Bertz CT molecular complexity index is 584. The van der Waals surface area contributed by atoms with Crippen molar-refractivity contribution >= 4 is 34.8 Å². The van der Waals surface area contributed by atoms with Crippen molar-refractivity contribution in [3.8, 4) is 0 Å². The van der Waals surface area contributed by atoms with Gasteiger partial charge in [-0.25, -0.2) is 0 Å². The molecule has 0 bridgehead atoms. The molecule has 0 saturated heterocycles. The van der Waals surface area contributed by atoms with E-state index < -0.39 is 0 Å². The van der Waals surface area contributed by atoms with Crippen molar-refractivity contribution in [1.29, 1.82) is 0 Å². The molecule has 0 aromatic heterocycles. The Labute approximate surface area is 134 Å². The second-order valence-corrected chi connectivity index (χ2v) is 5.87. The van der Waals surface area contributed by atoms with Crippen molar-refractivity contribution < 1.29 is 0 Å². The van der Waals surface area contributed by atoms with Crippen LogP contribution in [0.4, 0.5) is 0 Å². The third-order valence-electron chi connectivity index (χ3n) is 3.06. The van der Waals surface area contributed by atoms with Crippen LogP contribution in [-0.4, -0.2) is 6.54 Å². The Morgan fingerprint density at radius 1 is 0.950 bits per heavy atom. The lowest BCUT2D eigenvalue weighted by atomic mass is 9.98. The van der Waals surface area contributed by atoms with Crippen molar-refractivity contribution in [3.05, 3.63) is 68.7 Å². The molecule has 4 heteroatoms. The van der Waals surface area contributed by atoms with Crippen LogP contribution < -0.4 is 5.32 Å². The Kier molecular flexibility index (Phi) is 5.74. The van der Waals surface area contributed by atoms with Gasteiger partial charge >= 0.3 is 0 Å². The molecular weight excluding hydrogens is 313 g/mol. The molecule has 2 aromatic rings. The van der Waals surface area contributed by atoms with Crippen LogP contribution in [0.2, 0.25) is 15.1 Å². The van der Waals surface area contributed by atoms with Gasteiger partial charge in [0.25, 0.3) is 0 Å². The minimum Gasteiger partial charge on any atom is -0.306 e. The smallest absolute Gasteiger partial charge is 0.0595 e. The van der Waals surface area contributed by atoms with Gasteiger partial charge < -0.3 is 5.32 Å². The topological polar surface area (TPSA) is 12.0 Å². The second kappa shape index (κ2) is 7.33. The molecule has 1 nitrogen and oxygen atoms in total. The largest absolute Gasteiger partial charge is 0.306 e. The molecule has 106 valence electrons. The Morgan fingerprint density at radius 2 is 1.70 bits per heavy atom. The molecule has 0 spiro atoms. The Morgan fingerprint density at radius 3 is 2.35 bits per heavy atom. The number of hydrogen-bond acceptors (Lipinski definition) is 1. The summed E-state index contributed by atoms with van der Waals surface area (Å²) in [4.78, 5) is 0. The van der Waals surface area contributed by atoms with Crippen molar-refractivity contribution in [3.63, 3.8) is 0 Å². The summed E-state index contributed by atoms with van der Waals surface area (Å²) in [6.45, 7) is 3.05. The van der Waals surface area contributed by atoms with E-state index in [9.17, 15) is 0 Å². The van der Waals surface area contributed by atoms with Gasteiger partial charge in [-0.2, -0.15) is 0 Å². The Balaban J connectivity index is 2.38. The normalized spacial score (nSPS) is 12.4. The summed E-state index contributed by atoms with van der Waals surface area (Å²) < 4.78 is 0. The fraction of sp³-hybridized carbons (Fsp3) is 0.250. The average molecular weight is 329 g/mol. The summed E-state index contributed by atoms with van der Waals surface area (Å²) in [6.07, 6.45) is 1.05. The standard InChI is InChI=1S/C16H16Cl3N/c1-2-8-20-16(11-4-3-5-13(17)9-11)12-6-7-14(18)15(19)10-12/h3-7,9-10,16,20H,2,8H2,1H3. The number of hydrogen-bond donors (Lipinski definition) is 1. The molecule has 2 rings (SSSR count). The highest BCUT2D eigenvalue weighted by Gasteiger charge is 2.14. The van der Waals surface area contributed by atoms with E-state index in [1.165, 1.54) is 0 Å². The van der Waals surface area contributed by atoms with Crippen LogP contribution in [-0.2, 0) is 0 Å². The van der Waals surface area contributed by atoms with E-state index in [1.807, 2.05) is 36.4 Å². The third kappa shape index (κ3) is 3.89. The van der Waals surface area contributed by atoms with Crippen LogP contribution in [0.15, 0.2) is 42.5 Å². The fourth-order valence-corrected chi connectivity index (χ4v) is 2.60. The fourth-order valence-electron chi connectivity index (χ4n) is 2.09. The van der Waals surface area contributed by atoms with Gasteiger partial charge in [0, 0.05) is 5.02 Å². The van der Waals surface area contributed by atoms with Crippen LogP contribution in [0.1, 0.15) is 30.5 Å². The maximum absolute atomic E-state index is 6.12. The van der Waals surface area contributed by atoms with Crippen LogP contribution in [0.25, 0.3) is 0 Å². The number of nitrogens with one attached hydrogen (secondary N) is 1. The molecule has 2 aromatic carbocycles. The molecule has 0 fully saturated rings. The monoisotopic (exact) mass is 327 g/mol. The van der Waals surface area contributed by atoms with Gasteiger partial charge in [-0.3, -0.25) is 0 Å². The number of halogens is 3. The summed E-state index contributed by atoms with van der Waals surface area (Å²) in [5, 5.41) is 5.37. The highest BCUT2D eigenvalue weighted by Crippen LogP contribution is 2.29. The minimum absolute atomic E-state index is 0.0587. The van der Waals surface area contributed by atoms with Crippen molar-refractivity contribution in [1.82, 2.24) is 5.32 Å². The molecule has 0 aliphatic heterocycles. The van der Waals surface area contributed by atoms with E-state index in [2.05, 4.69) is 18.3 Å². The van der Waals surface area contributed by atoms with Crippen LogP contribution in [0.3, 0.4) is 0 Å². The first-order valence-electron chi connectivity index (χ1n) is 6.55. The van der Waals surface area contributed by atoms with Crippen LogP contribution in [0, 0.1) is 0 Å². The molecule has 0 aliphatic rings. The van der Waals surface area contributed by atoms with Crippen LogP contribution >= 0.6 is 34.8 Å². The first-order chi connectivity index (χ1) is 9.61. The summed E-state index contributed by atoms with van der Waals surface area (Å²) in [5.74, 6) is 0. The molecule has 1 unspecified atom stereocenters. The van der Waals surface area contributed by atoms with Gasteiger partial charge in [0.2, 0.25) is 0 Å². The summed E-state index contributed by atoms with van der Waals surface area (Å²) >= 11 is 18.2. The summed E-state index contributed by atoms with van der Waals surface area (Å²) in [6, 6.07) is 13.6.